The van der Waals surface area contributed by atoms with Crippen LogP contribution in [0.5, 0.6) is 0 Å². The Balaban J connectivity index is 1.80. The zero-order valence-electron chi connectivity index (χ0n) is 14.6. The number of nitrogens with zero attached hydrogens (tertiary/aromatic N) is 3. The summed E-state index contributed by atoms with van der Waals surface area (Å²) in [5, 5.41) is 4.04. The molecule has 0 unspecified atom stereocenters. The van der Waals surface area contributed by atoms with Gasteiger partial charge < -0.3 is 0 Å². The standard InChI is InChI=1S/C20H13Cl2N3OS2/c1-12-11-27-19(23-12)24-20-25(13-6-3-2-4-7-13)18(26)17(28-20)10-14-15(21)8-5-9-16(14)22/h2-11H,1H3/b17-10-,24-20+. The number of benzene rings is 2. The molecule has 1 aliphatic rings. The molecule has 0 saturated carbocycles. The molecule has 0 bridgehead atoms. The van der Waals surface area contributed by atoms with Gasteiger partial charge in [-0.05, 0) is 49.0 Å². The highest BCUT2D eigenvalue weighted by Gasteiger charge is 2.35. The van der Waals surface area contributed by atoms with Gasteiger partial charge >= 0.3 is 0 Å². The highest BCUT2D eigenvalue weighted by molar-refractivity contribution is 8.19. The van der Waals surface area contributed by atoms with Crippen LogP contribution in [-0.4, -0.2) is 16.1 Å². The third-order valence-corrected chi connectivity index (χ3v) is 6.37. The summed E-state index contributed by atoms with van der Waals surface area (Å²) in [7, 11) is 0. The first-order chi connectivity index (χ1) is 13.5. The Morgan fingerprint density at radius 3 is 2.43 bits per heavy atom. The first-order valence-electron chi connectivity index (χ1n) is 8.27. The number of rotatable bonds is 3. The molecule has 2 heterocycles. The van der Waals surface area contributed by atoms with Gasteiger partial charge in [0.15, 0.2) is 5.17 Å². The van der Waals surface area contributed by atoms with E-state index in [4.69, 9.17) is 23.2 Å². The zero-order valence-corrected chi connectivity index (χ0v) is 17.7. The fraction of sp³-hybridized carbons (Fsp3) is 0.0500. The van der Waals surface area contributed by atoms with Crippen LogP contribution in [0.2, 0.25) is 10.0 Å². The Kier molecular flexibility index (Phi) is 5.55. The first kappa shape index (κ1) is 19.2. The molecule has 1 aliphatic heterocycles. The molecule has 2 aromatic carbocycles. The molecule has 1 amide bonds. The van der Waals surface area contributed by atoms with Crippen molar-refractivity contribution in [1.29, 1.82) is 0 Å². The maximum atomic E-state index is 13.2. The molecule has 0 aliphatic carbocycles. The number of amidine groups is 1. The van der Waals surface area contributed by atoms with E-state index in [1.54, 1.807) is 29.2 Å². The summed E-state index contributed by atoms with van der Waals surface area (Å²) in [5.74, 6) is -0.181. The van der Waals surface area contributed by atoms with Crippen LogP contribution in [0, 0.1) is 6.92 Å². The fourth-order valence-corrected chi connectivity index (χ4v) is 4.80. The summed E-state index contributed by atoms with van der Waals surface area (Å²) < 4.78 is 0. The number of carbonyl (C=O) groups is 1. The molecule has 0 spiro atoms. The van der Waals surface area contributed by atoms with Crippen LogP contribution in [0.4, 0.5) is 10.8 Å². The van der Waals surface area contributed by atoms with E-state index < -0.39 is 0 Å². The first-order valence-corrected chi connectivity index (χ1v) is 10.7. The molecule has 140 valence electrons. The van der Waals surface area contributed by atoms with E-state index in [-0.39, 0.29) is 5.91 Å². The van der Waals surface area contributed by atoms with Crippen molar-refractivity contribution in [2.45, 2.75) is 6.92 Å². The highest BCUT2D eigenvalue weighted by atomic mass is 35.5. The van der Waals surface area contributed by atoms with Crippen molar-refractivity contribution < 1.29 is 4.79 Å². The topological polar surface area (TPSA) is 45.6 Å². The smallest absolute Gasteiger partial charge is 0.268 e. The van der Waals surface area contributed by atoms with Gasteiger partial charge in [0.25, 0.3) is 5.91 Å². The number of hydrogen-bond acceptors (Lipinski definition) is 5. The van der Waals surface area contributed by atoms with Crippen molar-refractivity contribution in [3.8, 4) is 0 Å². The average Bonchev–Trinajstić information content (AvgIpc) is 3.22. The van der Waals surface area contributed by atoms with Gasteiger partial charge in [-0.25, -0.2) is 4.98 Å². The number of hydrogen-bond donors (Lipinski definition) is 0. The molecule has 4 rings (SSSR count). The van der Waals surface area contributed by atoms with Crippen LogP contribution in [0.1, 0.15) is 11.3 Å². The van der Waals surface area contributed by atoms with E-state index in [9.17, 15) is 4.79 Å². The third kappa shape index (κ3) is 3.86. The number of aryl methyl sites for hydroxylation is 1. The van der Waals surface area contributed by atoms with E-state index >= 15 is 0 Å². The molecule has 1 saturated heterocycles. The quantitative estimate of drug-likeness (QED) is 0.428. The van der Waals surface area contributed by atoms with E-state index in [0.29, 0.717) is 30.8 Å². The number of carbonyl (C=O) groups excluding carboxylic acids is 1. The lowest BCUT2D eigenvalue weighted by molar-refractivity contribution is -0.113. The van der Waals surface area contributed by atoms with Gasteiger partial charge in [0, 0.05) is 21.0 Å². The Morgan fingerprint density at radius 2 is 1.79 bits per heavy atom. The second-order valence-electron chi connectivity index (χ2n) is 5.89. The molecular formula is C20H13Cl2N3OS2. The van der Waals surface area contributed by atoms with Crippen LogP contribution >= 0.6 is 46.3 Å². The Bertz CT molecular complexity index is 1090. The normalized spacial score (nSPS) is 17.1. The summed E-state index contributed by atoms with van der Waals surface area (Å²) in [4.78, 5) is 24.3. The monoisotopic (exact) mass is 445 g/mol. The van der Waals surface area contributed by atoms with Gasteiger partial charge in [-0.3, -0.25) is 9.69 Å². The number of anilines is 1. The maximum absolute atomic E-state index is 13.2. The summed E-state index contributed by atoms with van der Waals surface area (Å²) in [5.41, 5.74) is 2.24. The van der Waals surface area contributed by atoms with Crippen molar-refractivity contribution in [3.05, 3.63) is 80.1 Å². The SMILES string of the molecule is Cc1csc(/N=C2/S/C(=C\c3c(Cl)cccc3Cl)C(=O)N2c2ccccc2)n1. The molecule has 4 nitrogen and oxygen atoms in total. The number of thioether (sulfide) groups is 1. The zero-order chi connectivity index (χ0) is 19.7. The predicted molar refractivity (Wildman–Crippen MR) is 120 cm³/mol. The van der Waals surface area contributed by atoms with Crippen molar-refractivity contribution in [1.82, 2.24) is 4.98 Å². The molecule has 8 heteroatoms. The van der Waals surface area contributed by atoms with Crippen molar-refractivity contribution >= 4 is 74.3 Å². The minimum atomic E-state index is -0.181. The van der Waals surface area contributed by atoms with Crippen LogP contribution in [0.25, 0.3) is 6.08 Å². The van der Waals surface area contributed by atoms with Gasteiger partial charge in [0.2, 0.25) is 5.13 Å². The lowest BCUT2D eigenvalue weighted by Crippen LogP contribution is -2.28. The Labute approximate surface area is 180 Å². The van der Waals surface area contributed by atoms with E-state index in [0.717, 1.165) is 11.4 Å². The van der Waals surface area contributed by atoms with E-state index in [1.807, 2.05) is 42.6 Å². The Hall–Kier alpha value is -2.12. The summed E-state index contributed by atoms with van der Waals surface area (Å²) in [6.45, 7) is 1.91. The van der Waals surface area contributed by atoms with Crippen molar-refractivity contribution in [2.24, 2.45) is 4.99 Å². The predicted octanol–water partition coefficient (Wildman–Crippen LogP) is 6.57. The lowest BCUT2D eigenvalue weighted by Gasteiger charge is -2.14. The van der Waals surface area contributed by atoms with Crippen LogP contribution < -0.4 is 4.90 Å². The molecule has 1 aromatic heterocycles. The Morgan fingerprint density at radius 1 is 1.07 bits per heavy atom. The molecule has 28 heavy (non-hydrogen) atoms. The molecule has 1 fully saturated rings. The number of aromatic nitrogens is 1. The van der Waals surface area contributed by atoms with Gasteiger partial charge in [-0.15, -0.1) is 11.3 Å². The molecule has 3 aromatic rings. The summed E-state index contributed by atoms with van der Waals surface area (Å²) >= 11 is 15.3. The van der Waals surface area contributed by atoms with E-state index in [1.165, 1.54) is 23.1 Å². The van der Waals surface area contributed by atoms with Gasteiger partial charge in [0.05, 0.1) is 16.3 Å². The van der Waals surface area contributed by atoms with Crippen LogP contribution in [0.15, 0.2) is 63.8 Å². The highest BCUT2D eigenvalue weighted by Crippen LogP contribution is 2.39. The number of aliphatic imine (C=N–C) groups is 1. The van der Waals surface area contributed by atoms with Gasteiger partial charge in [0.1, 0.15) is 0 Å². The minimum Gasteiger partial charge on any atom is -0.268 e. The number of thiazole rings is 1. The number of para-hydroxylation sites is 1. The largest absolute Gasteiger partial charge is 0.271 e. The number of amides is 1. The molecular weight excluding hydrogens is 433 g/mol. The lowest BCUT2D eigenvalue weighted by atomic mass is 10.2. The average molecular weight is 446 g/mol. The second-order valence-corrected chi connectivity index (χ2v) is 8.55. The molecule has 0 atom stereocenters. The van der Waals surface area contributed by atoms with Gasteiger partial charge in [-0.2, -0.15) is 4.99 Å². The van der Waals surface area contributed by atoms with E-state index in [2.05, 4.69) is 9.98 Å². The summed E-state index contributed by atoms with van der Waals surface area (Å²) in [6, 6.07) is 14.6. The van der Waals surface area contributed by atoms with Crippen molar-refractivity contribution in [3.63, 3.8) is 0 Å². The second kappa shape index (κ2) is 8.09. The molecule has 0 N–H and O–H groups in total. The van der Waals surface area contributed by atoms with Crippen molar-refractivity contribution in [2.75, 3.05) is 4.90 Å². The third-order valence-electron chi connectivity index (χ3n) is 3.89. The maximum Gasteiger partial charge on any atom is 0.271 e. The van der Waals surface area contributed by atoms with Gasteiger partial charge in [-0.1, -0.05) is 47.5 Å². The number of halogens is 2. The molecule has 0 radical (unpaired) electrons. The van der Waals surface area contributed by atoms with Crippen LogP contribution in [0.3, 0.4) is 0 Å². The summed E-state index contributed by atoms with van der Waals surface area (Å²) in [6.07, 6.45) is 1.71. The fourth-order valence-electron chi connectivity index (χ4n) is 2.61. The van der Waals surface area contributed by atoms with Crippen LogP contribution in [-0.2, 0) is 4.79 Å². The minimum absolute atomic E-state index is 0.181.